The van der Waals surface area contributed by atoms with Crippen LogP contribution in [-0.2, 0) is 5.54 Å². The molecule has 0 aliphatic rings. The van der Waals surface area contributed by atoms with Gasteiger partial charge in [-0.25, -0.2) is 4.39 Å². The SMILES string of the molecule is CN(C)CCNC(C)(C#N)c1ccc(Br)cc1F. The van der Waals surface area contributed by atoms with E-state index in [4.69, 9.17) is 0 Å². The number of nitrogens with zero attached hydrogens (tertiary/aromatic N) is 2. The van der Waals surface area contributed by atoms with Gasteiger partial charge < -0.3 is 4.90 Å². The first-order valence-electron chi connectivity index (χ1n) is 5.65. The van der Waals surface area contributed by atoms with Gasteiger partial charge in [0.1, 0.15) is 11.4 Å². The van der Waals surface area contributed by atoms with Crippen molar-refractivity contribution >= 4 is 15.9 Å². The van der Waals surface area contributed by atoms with Crippen molar-refractivity contribution in [3.8, 4) is 6.07 Å². The van der Waals surface area contributed by atoms with Crippen LogP contribution in [0.2, 0.25) is 0 Å². The number of hydrogen-bond acceptors (Lipinski definition) is 3. The van der Waals surface area contributed by atoms with Gasteiger partial charge in [0.15, 0.2) is 0 Å². The zero-order valence-corrected chi connectivity index (χ0v) is 12.4. The van der Waals surface area contributed by atoms with Crippen LogP contribution in [0.4, 0.5) is 4.39 Å². The maximum absolute atomic E-state index is 13.9. The molecule has 1 aromatic carbocycles. The molecule has 0 heterocycles. The molecule has 18 heavy (non-hydrogen) atoms. The molecule has 0 saturated carbocycles. The summed E-state index contributed by atoms with van der Waals surface area (Å²) < 4.78 is 14.6. The standard InChI is InChI=1S/C13H17BrFN3/c1-13(9-16,17-6-7-18(2)3)11-5-4-10(14)8-12(11)15/h4-5,8,17H,6-7H2,1-3H3. The highest BCUT2D eigenvalue weighted by molar-refractivity contribution is 9.10. The summed E-state index contributed by atoms with van der Waals surface area (Å²) in [6, 6.07) is 6.89. The first kappa shape index (κ1) is 15.1. The van der Waals surface area contributed by atoms with Crippen LogP contribution in [0.5, 0.6) is 0 Å². The minimum absolute atomic E-state index is 0.368. The molecule has 1 N–H and O–H groups in total. The van der Waals surface area contributed by atoms with E-state index in [2.05, 4.69) is 27.3 Å². The predicted octanol–water partition coefficient (Wildman–Crippen LogP) is 2.48. The zero-order valence-electron chi connectivity index (χ0n) is 10.8. The van der Waals surface area contributed by atoms with Crippen molar-refractivity contribution < 1.29 is 4.39 Å². The van der Waals surface area contributed by atoms with Crippen molar-refractivity contribution in [2.24, 2.45) is 0 Å². The van der Waals surface area contributed by atoms with Gasteiger partial charge in [-0.15, -0.1) is 0 Å². The van der Waals surface area contributed by atoms with Gasteiger partial charge in [-0.1, -0.05) is 22.0 Å². The lowest BCUT2D eigenvalue weighted by atomic mass is 9.93. The number of rotatable bonds is 5. The van der Waals surface area contributed by atoms with Crippen molar-refractivity contribution in [3.63, 3.8) is 0 Å². The number of nitrogens with one attached hydrogen (secondary N) is 1. The summed E-state index contributed by atoms with van der Waals surface area (Å²) in [4.78, 5) is 2.00. The molecule has 0 spiro atoms. The van der Waals surface area contributed by atoms with Gasteiger partial charge in [-0.2, -0.15) is 5.26 Å². The second-order valence-electron chi connectivity index (χ2n) is 4.59. The largest absolute Gasteiger partial charge is 0.308 e. The zero-order chi connectivity index (χ0) is 13.8. The highest BCUT2D eigenvalue weighted by Crippen LogP contribution is 2.25. The molecule has 1 unspecified atom stereocenters. The third kappa shape index (κ3) is 3.77. The maximum Gasteiger partial charge on any atom is 0.132 e. The van der Waals surface area contributed by atoms with E-state index in [0.717, 1.165) is 6.54 Å². The van der Waals surface area contributed by atoms with E-state index in [-0.39, 0.29) is 5.82 Å². The van der Waals surface area contributed by atoms with Crippen LogP contribution >= 0.6 is 15.9 Å². The topological polar surface area (TPSA) is 39.1 Å². The van der Waals surface area contributed by atoms with E-state index in [9.17, 15) is 9.65 Å². The van der Waals surface area contributed by atoms with Crippen molar-refractivity contribution in [1.82, 2.24) is 10.2 Å². The third-order valence-electron chi connectivity index (χ3n) is 2.73. The van der Waals surface area contributed by atoms with Crippen LogP contribution in [0.1, 0.15) is 12.5 Å². The van der Waals surface area contributed by atoms with Crippen molar-refractivity contribution in [2.75, 3.05) is 27.2 Å². The van der Waals surface area contributed by atoms with Crippen molar-refractivity contribution in [1.29, 1.82) is 5.26 Å². The normalized spacial score (nSPS) is 14.3. The van der Waals surface area contributed by atoms with Gasteiger partial charge in [-0.05, 0) is 33.2 Å². The van der Waals surface area contributed by atoms with Crippen LogP contribution in [0.25, 0.3) is 0 Å². The fraction of sp³-hybridized carbons (Fsp3) is 0.462. The Hall–Kier alpha value is -0.960. The van der Waals surface area contributed by atoms with Crippen LogP contribution in [0, 0.1) is 17.1 Å². The molecule has 3 nitrogen and oxygen atoms in total. The molecule has 1 rings (SSSR count). The first-order chi connectivity index (χ1) is 8.39. The van der Waals surface area contributed by atoms with Crippen LogP contribution < -0.4 is 5.32 Å². The molecule has 0 bridgehead atoms. The molecular formula is C13H17BrFN3. The Bertz CT molecular complexity index is 456. The Balaban J connectivity index is 2.90. The summed E-state index contributed by atoms with van der Waals surface area (Å²) in [5, 5.41) is 12.4. The van der Waals surface area contributed by atoms with Gasteiger partial charge in [0.2, 0.25) is 0 Å². The van der Waals surface area contributed by atoms with E-state index in [1.54, 1.807) is 19.1 Å². The summed E-state index contributed by atoms with van der Waals surface area (Å²) in [5.74, 6) is -0.384. The molecule has 0 aliphatic heterocycles. The van der Waals surface area contributed by atoms with Crippen molar-refractivity contribution in [3.05, 3.63) is 34.1 Å². The Kier molecular flexibility index (Phi) is 5.27. The number of likely N-dealkylation sites (N-methyl/N-ethyl adjacent to an activating group) is 1. The number of benzene rings is 1. The molecule has 98 valence electrons. The quantitative estimate of drug-likeness (QED) is 0.907. The van der Waals surface area contributed by atoms with E-state index in [1.165, 1.54) is 6.07 Å². The minimum atomic E-state index is -1.01. The summed E-state index contributed by atoms with van der Waals surface area (Å²) in [6.07, 6.45) is 0. The van der Waals surface area contributed by atoms with E-state index < -0.39 is 5.54 Å². The van der Waals surface area contributed by atoms with Crippen LogP contribution in [0.3, 0.4) is 0 Å². The predicted molar refractivity (Wildman–Crippen MR) is 73.6 cm³/mol. The molecule has 0 saturated heterocycles. The van der Waals surface area contributed by atoms with E-state index in [0.29, 0.717) is 16.6 Å². The lowest BCUT2D eigenvalue weighted by Crippen LogP contribution is -2.42. The Morgan fingerprint density at radius 1 is 1.50 bits per heavy atom. The van der Waals surface area contributed by atoms with Crippen LogP contribution in [-0.4, -0.2) is 32.1 Å². The summed E-state index contributed by atoms with van der Waals surface area (Å²) in [5.41, 5.74) is -0.646. The lowest BCUT2D eigenvalue weighted by Gasteiger charge is -2.25. The smallest absolute Gasteiger partial charge is 0.132 e. The number of halogens is 2. The van der Waals surface area contributed by atoms with E-state index in [1.807, 2.05) is 19.0 Å². The molecule has 5 heteroatoms. The third-order valence-corrected chi connectivity index (χ3v) is 3.22. The van der Waals surface area contributed by atoms with Crippen LogP contribution in [0.15, 0.2) is 22.7 Å². The number of nitriles is 1. The molecule has 0 radical (unpaired) electrons. The van der Waals surface area contributed by atoms with Gasteiger partial charge in [0.05, 0.1) is 6.07 Å². The first-order valence-corrected chi connectivity index (χ1v) is 6.45. The second kappa shape index (κ2) is 6.28. The van der Waals surface area contributed by atoms with Gasteiger partial charge >= 0.3 is 0 Å². The summed E-state index contributed by atoms with van der Waals surface area (Å²) >= 11 is 3.21. The highest BCUT2D eigenvalue weighted by Gasteiger charge is 2.28. The fourth-order valence-electron chi connectivity index (χ4n) is 1.62. The monoisotopic (exact) mass is 313 g/mol. The molecular weight excluding hydrogens is 297 g/mol. The molecule has 1 aromatic rings. The average Bonchev–Trinajstić information content (AvgIpc) is 2.28. The fourth-order valence-corrected chi connectivity index (χ4v) is 1.95. The molecule has 1 atom stereocenters. The van der Waals surface area contributed by atoms with Gasteiger partial charge in [0, 0.05) is 23.1 Å². The van der Waals surface area contributed by atoms with Gasteiger partial charge in [0.25, 0.3) is 0 Å². The Morgan fingerprint density at radius 3 is 2.67 bits per heavy atom. The molecule has 0 aliphatic carbocycles. The molecule has 0 fully saturated rings. The second-order valence-corrected chi connectivity index (χ2v) is 5.51. The van der Waals surface area contributed by atoms with Crippen molar-refractivity contribution in [2.45, 2.75) is 12.5 Å². The summed E-state index contributed by atoms with van der Waals surface area (Å²) in [6.45, 7) is 3.09. The Morgan fingerprint density at radius 2 is 2.17 bits per heavy atom. The molecule has 0 amide bonds. The van der Waals surface area contributed by atoms with Gasteiger partial charge in [-0.3, -0.25) is 5.32 Å². The average molecular weight is 314 g/mol. The lowest BCUT2D eigenvalue weighted by molar-refractivity contribution is 0.362. The van der Waals surface area contributed by atoms with E-state index >= 15 is 0 Å². The number of hydrogen-bond donors (Lipinski definition) is 1. The maximum atomic E-state index is 13.9. The highest BCUT2D eigenvalue weighted by atomic mass is 79.9. The summed E-state index contributed by atoms with van der Waals surface area (Å²) in [7, 11) is 3.90. The minimum Gasteiger partial charge on any atom is -0.308 e. The molecule has 0 aromatic heterocycles. The Labute approximate surface area is 116 Å².